The molecule has 5 heteroatoms. The lowest BCUT2D eigenvalue weighted by atomic mass is 9.90. The molecule has 3 unspecified atom stereocenters. The van der Waals surface area contributed by atoms with Crippen LogP contribution in [-0.2, 0) is 18.3 Å². The van der Waals surface area contributed by atoms with E-state index in [0.717, 1.165) is 44.9 Å². The third-order valence-electron chi connectivity index (χ3n) is 5.10. The van der Waals surface area contributed by atoms with Gasteiger partial charge < -0.3 is 11.1 Å². The second kappa shape index (κ2) is 6.18. The van der Waals surface area contributed by atoms with E-state index in [1.165, 1.54) is 17.7 Å². The van der Waals surface area contributed by atoms with Gasteiger partial charge in [-0.3, -0.25) is 9.48 Å². The Morgan fingerprint density at radius 2 is 2.10 bits per heavy atom. The van der Waals surface area contributed by atoms with Gasteiger partial charge in [-0.1, -0.05) is 19.3 Å². The molecule has 3 atom stereocenters. The molecule has 1 aromatic rings. The van der Waals surface area contributed by atoms with Crippen LogP contribution < -0.4 is 11.1 Å². The lowest BCUT2D eigenvalue weighted by molar-refractivity contribution is -0.126. The highest BCUT2D eigenvalue weighted by atomic mass is 16.2. The summed E-state index contributed by atoms with van der Waals surface area (Å²) in [7, 11) is 1.98. The number of hydrogen-bond acceptors (Lipinski definition) is 3. The molecule has 0 saturated heterocycles. The van der Waals surface area contributed by atoms with Crippen LogP contribution in [0.4, 0.5) is 0 Å². The molecular weight excluding hydrogens is 264 g/mol. The predicted octanol–water partition coefficient (Wildman–Crippen LogP) is 1.82. The van der Waals surface area contributed by atoms with Crippen LogP contribution in [0.25, 0.3) is 0 Å². The highest BCUT2D eigenvalue weighted by Gasteiger charge is 2.31. The number of rotatable bonds is 2. The normalized spacial score (nSPS) is 29.5. The lowest BCUT2D eigenvalue weighted by Gasteiger charge is -2.27. The van der Waals surface area contributed by atoms with E-state index < -0.39 is 0 Å². The smallest absolute Gasteiger partial charge is 0.225 e. The van der Waals surface area contributed by atoms with Gasteiger partial charge in [-0.15, -0.1) is 0 Å². The predicted molar refractivity (Wildman–Crippen MR) is 81.6 cm³/mol. The molecule has 5 nitrogen and oxygen atoms in total. The first kappa shape index (κ1) is 14.6. The number of aryl methyl sites for hydroxylation is 1. The number of nitrogens with zero attached hydrogens (tertiary/aromatic N) is 2. The van der Waals surface area contributed by atoms with E-state index in [4.69, 9.17) is 5.73 Å². The van der Waals surface area contributed by atoms with Crippen molar-refractivity contribution in [1.82, 2.24) is 15.1 Å². The van der Waals surface area contributed by atoms with Crippen molar-refractivity contribution in [2.24, 2.45) is 18.7 Å². The van der Waals surface area contributed by atoms with Crippen LogP contribution in [0.1, 0.15) is 62.2 Å². The second-order valence-electron chi connectivity index (χ2n) is 6.53. The Kier molecular flexibility index (Phi) is 4.29. The van der Waals surface area contributed by atoms with Gasteiger partial charge in [0.05, 0.1) is 18.2 Å². The molecule has 1 fully saturated rings. The van der Waals surface area contributed by atoms with Gasteiger partial charge in [-0.25, -0.2) is 0 Å². The molecule has 1 amide bonds. The Bertz CT molecular complexity index is 510. The highest BCUT2D eigenvalue weighted by molar-refractivity contribution is 5.80. The van der Waals surface area contributed by atoms with Crippen molar-refractivity contribution in [3.63, 3.8) is 0 Å². The molecule has 3 N–H and O–H groups in total. The molecule has 3 rings (SSSR count). The van der Waals surface area contributed by atoms with Gasteiger partial charge in [-0.2, -0.15) is 5.10 Å². The average molecular weight is 290 g/mol. The van der Waals surface area contributed by atoms with Crippen LogP contribution in [0.2, 0.25) is 0 Å². The van der Waals surface area contributed by atoms with E-state index >= 15 is 0 Å². The van der Waals surface area contributed by atoms with E-state index in [1.54, 1.807) is 0 Å². The maximum absolute atomic E-state index is 12.6. The van der Waals surface area contributed by atoms with E-state index in [0.29, 0.717) is 0 Å². The molecule has 1 saturated carbocycles. The molecule has 0 spiro atoms. The summed E-state index contributed by atoms with van der Waals surface area (Å²) >= 11 is 0. The first-order valence-corrected chi connectivity index (χ1v) is 8.23. The van der Waals surface area contributed by atoms with Crippen LogP contribution in [0.3, 0.4) is 0 Å². The van der Waals surface area contributed by atoms with Crippen molar-refractivity contribution in [2.45, 2.75) is 63.5 Å². The first-order chi connectivity index (χ1) is 10.2. The van der Waals surface area contributed by atoms with Gasteiger partial charge in [0.1, 0.15) is 0 Å². The zero-order valence-corrected chi connectivity index (χ0v) is 12.8. The Morgan fingerprint density at radius 1 is 1.29 bits per heavy atom. The summed E-state index contributed by atoms with van der Waals surface area (Å²) in [6.45, 7) is 0. The van der Waals surface area contributed by atoms with Gasteiger partial charge in [-0.05, 0) is 32.1 Å². The number of fused-ring (bicyclic) bond motifs is 1. The van der Waals surface area contributed by atoms with Crippen molar-refractivity contribution < 1.29 is 4.79 Å². The summed E-state index contributed by atoms with van der Waals surface area (Å²) in [5.74, 6) is 0.126. The fraction of sp³-hybridized carbons (Fsp3) is 0.750. The number of hydrogen-bond donors (Lipinski definition) is 2. The summed E-state index contributed by atoms with van der Waals surface area (Å²) < 4.78 is 1.94. The summed E-state index contributed by atoms with van der Waals surface area (Å²) in [6.07, 6.45) is 10.5. The Labute approximate surface area is 126 Å². The zero-order chi connectivity index (χ0) is 14.8. The lowest BCUT2D eigenvalue weighted by Crippen LogP contribution is -2.43. The van der Waals surface area contributed by atoms with Crippen molar-refractivity contribution in [3.05, 3.63) is 17.5 Å². The van der Waals surface area contributed by atoms with Crippen LogP contribution in [0.15, 0.2) is 6.20 Å². The van der Waals surface area contributed by atoms with Crippen molar-refractivity contribution in [1.29, 1.82) is 0 Å². The minimum atomic E-state index is -0.0189. The Balaban J connectivity index is 1.70. The molecule has 21 heavy (non-hydrogen) atoms. The molecule has 0 bridgehead atoms. The Hall–Kier alpha value is -1.36. The van der Waals surface area contributed by atoms with Crippen molar-refractivity contribution >= 4 is 5.91 Å². The third kappa shape index (κ3) is 2.98. The molecule has 0 radical (unpaired) electrons. The quantitative estimate of drug-likeness (QED) is 0.816. The molecule has 2 aliphatic carbocycles. The summed E-state index contributed by atoms with van der Waals surface area (Å²) in [5, 5.41) is 7.58. The topological polar surface area (TPSA) is 72.9 Å². The number of nitrogens with two attached hydrogens (primary N) is 1. The summed E-state index contributed by atoms with van der Waals surface area (Å²) in [6, 6.07) is 0.134. The largest absolute Gasteiger partial charge is 0.349 e. The molecule has 1 heterocycles. The SMILES string of the molecule is Cn1ncc2c1CCCC2NC(=O)C1CCCCCC1N. The van der Waals surface area contributed by atoms with Crippen molar-refractivity contribution in [2.75, 3.05) is 0 Å². The van der Waals surface area contributed by atoms with Crippen LogP contribution in [0, 0.1) is 5.92 Å². The number of nitrogens with one attached hydrogen (secondary N) is 1. The molecular formula is C16H26N4O. The second-order valence-corrected chi connectivity index (χ2v) is 6.53. The number of carbonyl (C=O) groups excluding carboxylic acids is 1. The van der Waals surface area contributed by atoms with E-state index in [-0.39, 0.29) is 23.9 Å². The van der Waals surface area contributed by atoms with E-state index in [9.17, 15) is 4.79 Å². The molecule has 2 aliphatic rings. The summed E-state index contributed by atoms with van der Waals surface area (Å²) in [4.78, 5) is 12.6. The number of carbonyl (C=O) groups is 1. The molecule has 116 valence electrons. The fourth-order valence-corrected chi connectivity index (χ4v) is 3.80. The minimum Gasteiger partial charge on any atom is -0.349 e. The van der Waals surface area contributed by atoms with Crippen molar-refractivity contribution in [3.8, 4) is 0 Å². The minimum absolute atomic E-state index is 0.0180. The van der Waals surface area contributed by atoms with Gasteiger partial charge in [0.25, 0.3) is 0 Å². The van der Waals surface area contributed by atoms with Gasteiger partial charge in [0.15, 0.2) is 0 Å². The van der Waals surface area contributed by atoms with Gasteiger partial charge in [0, 0.05) is 24.3 Å². The number of amides is 1. The maximum Gasteiger partial charge on any atom is 0.225 e. The van der Waals surface area contributed by atoms with E-state index in [1.807, 2.05) is 17.9 Å². The van der Waals surface area contributed by atoms with Crippen LogP contribution >= 0.6 is 0 Å². The monoisotopic (exact) mass is 290 g/mol. The molecule has 0 aliphatic heterocycles. The summed E-state index contributed by atoms with van der Waals surface area (Å²) in [5.41, 5.74) is 8.66. The van der Waals surface area contributed by atoms with E-state index in [2.05, 4.69) is 10.4 Å². The van der Waals surface area contributed by atoms with Crippen LogP contribution in [0.5, 0.6) is 0 Å². The Morgan fingerprint density at radius 3 is 2.95 bits per heavy atom. The first-order valence-electron chi connectivity index (χ1n) is 8.23. The number of aromatic nitrogens is 2. The van der Waals surface area contributed by atoms with Gasteiger partial charge >= 0.3 is 0 Å². The highest BCUT2D eigenvalue weighted by Crippen LogP contribution is 2.30. The third-order valence-corrected chi connectivity index (χ3v) is 5.10. The average Bonchev–Trinajstić information content (AvgIpc) is 2.71. The van der Waals surface area contributed by atoms with Gasteiger partial charge in [0.2, 0.25) is 5.91 Å². The standard InChI is InChI=1S/C16H26N4O/c1-20-15-9-5-8-14(12(15)10-18-20)19-16(21)11-6-3-2-4-7-13(11)17/h10-11,13-14H,2-9,17H2,1H3,(H,19,21). The molecule has 1 aromatic heterocycles. The maximum atomic E-state index is 12.6. The zero-order valence-electron chi connectivity index (χ0n) is 12.8. The van der Waals surface area contributed by atoms with Crippen LogP contribution in [-0.4, -0.2) is 21.7 Å². The fourth-order valence-electron chi connectivity index (χ4n) is 3.80. The molecule has 0 aromatic carbocycles.